The minimum Gasteiger partial charge on any atom is -0.467 e. The van der Waals surface area contributed by atoms with Gasteiger partial charge in [-0.1, -0.05) is 22.0 Å². The number of carbonyl (C=O) groups excluding carboxylic acids is 2. The van der Waals surface area contributed by atoms with E-state index in [2.05, 4.69) is 15.9 Å². The molecule has 0 aliphatic carbocycles. The van der Waals surface area contributed by atoms with Crippen molar-refractivity contribution in [3.8, 4) is 17.2 Å². The number of halogens is 1. The van der Waals surface area contributed by atoms with Crippen LogP contribution in [0.2, 0.25) is 0 Å². The number of rotatable bonds is 4. The average molecular weight is 499 g/mol. The van der Waals surface area contributed by atoms with Crippen molar-refractivity contribution in [2.24, 2.45) is 0 Å². The minimum atomic E-state index is -0.373. The smallest absolute Gasteiger partial charge is 0.316 e. The van der Waals surface area contributed by atoms with Gasteiger partial charge in [-0.2, -0.15) is 0 Å². The fourth-order valence-corrected chi connectivity index (χ4v) is 4.62. The molecule has 31 heavy (non-hydrogen) atoms. The second-order valence-electron chi connectivity index (χ2n) is 6.92. The summed E-state index contributed by atoms with van der Waals surface area (Å²) in [7, 11) is 0. The molecular weight excluding hydrogens is 484 g/mol. The molecule has 2 aliphatic rings. The minimum absolute atomic E-state index is 0.153. The molecule has 2 aromatic carbocycles. The van der Waals surface area contributed by atoms with E-state index in [1.165, 1.54) is 11.3 Å². The van der Waals surface area contributed by atoms with Crippen LogP contribution in [-0.2, 0) is 22.6 Å². The summed E-state index contributed by atoms with van der Waals surface area (Å²) in [6.07, 6.45) is 1.84. The standard InChI is InChI=1S/C23H15BrO6S/c24-15-6-13(23-14(7-15)11-27-12-28-23)8-20-22(26)18-4-3-16(9-19(18)30-20)29-21(25)10-17-2-1-5-31-17/h1-9H,10-12H2/b20-8-. The molecular formula is C23H15BrO6S. The first-order chi connectivity index (χ1) is 15.1. The summed E-state index contributed by atoms with van der Waals surface area (Å²) in [5, 5.41) is 1.91. The normalized spacial score (nSPS) is 15.8. The molecule has 3 aromatic rings. The molecule has 0 radical (unpaired) electrons. The number of hydrogen-bond acceptors (Lipinski definition) is 7. The van der Waals surface area contributed by atoms with Crippen LogP contribution in [0.25, 0.3) is 6.08 Å². The molecule has 6 nitrogen and oxygen atoms in total. The van der Waals surface area contributed by atoms with E-state index in [1.54, 1.807) is 24.3 Å². The van der Waals surface area contributed by atoms with Crippen molar-refractivity contribution < 1.29 is 28.5 Å². The lowest BCUT2D eigenvalue weighted by atomic mass is 10.1. The van der Waals surface area contributed by atoms with Gasteiger partial charge in [-0.25, -0.2) is 0 Å². The molecule has 5 rings (SSSR count). The highest BCUT2D eigenvalue weighted by molar-refractivity contribution is 9.10. The number of thiophene rings is 1. The molecule has 0 saturated carbocycles. The van der Waals surface area contributed by atoms with Gasteiger partial charge in [0.2, 0.25) is 5.78 Å². The average Bonchev–Trinajstić information content (AvgIpc) is 3.36. The lowest BCUT2D eigenvalue weighted by Gasteiger charge is -2.20. The Balaban J connectivity index is 1.38. The Hall–Kier alpha value is -2.94. The summed E-state index contributed by atoms with van der Waals surface area (Å²) in [6.45, 7) is 0.584. The SMILES string of the molecule is O=C(Cc1cccs1)Oc1ccc2c(c1)O/C(=C\c1cc(Br)cc3c1OCOC3)C2=O. The fourth-order valence-electron chi connectivity index (χ4n) is 3.41. The highest BCUT2D eigenvalue weighted by atomic mass is 79.9. The van der Waals surface area contributed by atoms with Crippen LogP contribution in [0.4, 0.5) is 0 Å². The van der Waals surface area contributed by atoms with Gasteiger partial charge in [-0.05, 0) is 41.8 Å². The summed E-state index contributed by atoms with van der Waals surface area (Å²) < 4.78 is 23.0. The molecule has 0 saturated heterocycles. The van der Waals surface area contributed by atoms with Crippen molar-refractivity contribution in [3.63, 3.8) is 0 Å². The Kier molecular flexibility index (Phi) is 5.35. The molecule has 1 aromatic heterocycles. The third kappa shape index (κ3) is 4.14. The Morgan fingerprint density at radius 1 is 1.23 bits per heavy atom. The first kappa shape index (κ1) is 20.0. The zero-order chi connectivity index (χ0) is 21.4. The Morgan fingerprint density at radius 2 is 2.13 bits per heavy atom. The van der Waals surface area contributed by atoms with Gasteiger partial charge in [0.05, 0.1) is 18.6 Å². The van der Waals surface area contributed by atoms with Gasteiger partial charge in [0.25, 0.3) is 0 Å². The number of benzene rings is 2. The van der Waals surface area contributed by atoms with Gasteiger partial charge < -0.3 is 18.9 Å². The summed E-state index contributed by atoms with van der Waals surface area (Å²) in [6, 6.07) is 12.3. The molecule has 0 bridgehead atoms. The topological polar surface area (TPSA) is 71.1 Å². The molecule has 0 atom stereocenters. The van der Waals surface area contributed by atoms with E-state index >= 15 is 0 Å². The third-order valence-corrected chi connectivity index (χ3v) is 6.10. The van der Waals surface area contributed by atoms with Crippen LogP contribution in [0.5, 0.6) is 17.2 Å². The van der Waals surface area contributed by atoms with E-state index in [0.29, 0.717) is 35.0 Å². The van der Waals surface area contributed by atoms with E-state index in [1.807, 2.05) is 29.6 Å². The summed E-state index contributed by atoms with van der Waals surface area (Å²) in [5.74, 6) is 0.903. The molecule has 3 heterocycles. The molecule has 0 unspecified atom stereocenters. The molecule has 0 amide bonds. The van der Waals surface area contributed by atoms with Crippen LogP contribution in [-0.4, -0.2) is 18.5 Å². The Labute approximate surface area is 190 Å². The van der Waals surface area contributed by atoms with Crippen LogP contribution >= 0.6 is 27.3 Å². The van der Waals surface area contributed by atoms with E-state index in [9.17, 15) is 9.59 Å². The van der Waals surface area contributed by atoms with Gasteiger partial charge in [-0.15, -0.1) is 11.3 Å². The van der Waals surface area contributed by atoms with Crippen molar-refractivity contribution >= 4 is 45.1 Å². The zero-order valence-electron chi connectivity index (χ0n) is 16.1. The number of Topliss-reactive ketones (excluding diaryl/α,β-unsaturated/α-hetero) is 1. The molecule has 8 heteroatoms. The lowest BCUT2D eigenvalue weighted by molar-refractivity contribution is -0.133. The number of ketones is 1. The number of esters is 1. The molecule has 0 spiro atoms. The maximum Gasteiger partial charge on any atom is 0.316 e. The van der Waals surface area contributed by atoms with Crippen molar-refractivity contribution in [3.05, 3.63) is 79.6 Å². The number of ether oxygens (including phenoxy) is 4. The quantitative estimate of drug-likeness (QED) is 0.281. The van der Waals surface area contributed by atoms with E-state index in [-0.39, 0.29) is 30.7 Å². The van der Waals surface area contributed by atoms with Crippen LogP contribution < -0.4 is 14.2 Å². The van der Waals surface area contributed by atoms with E-state index in [0.717, 1.165) is 14.9 Å². The van der Waals surface area contributed by atoms with Crippen molar-refractivity contribution in [2.45, 2.75) is 13.0 Å². The molecule has 0 fully saturated rings. The first-order valence-electron chi connectivity index (χ1n) is 9.41. The fraction of sp³-hybridized carbons (Fsp3) is 0.130. The van der Waals surface area contributed by atoms with Crippen LogP contribution in [0.3, 0.4) is 0 Å². The highest BCUT2D eigenvalue weighted by Crippen LogP contribution is 2.38. The Morgan fingerprint density at radius 3 is 2.97 bits per heavy atom. The summed E-state index contributed by atoms with van der Waals surface area (Å²) in [5.41, 5.74) is 2.01. The predicted octanol–water partition coefficient (Wildman–Crippen LogP) is 5.14. The zero-order valence-corrected chi connectivity index (χ0v) is 18.5. The van der Waals surface area contributed by atoms with E-state index in [4.69, 9.17) is 18.9 Å². The first-order valence-corrected chi connectivity index (χ1v) is 11.1. The summed E-state index contributed by atoms with van der Waals surface area (Å²) >= 11 is 4.97. The molecule has 2 aliphatic heterocycles. The van der Waals surface area contributed by atoms with Crippen LogP contribution in [0, 0.1) is 0 Å². The van der Waals surface area contributed by atoms with E-state index < -0.39 is 0 Å². The van der Waals surface area contributed by atoms with Crippen molar-refractivity contribution in [2.75, 3.05) is 6.79 Å². The summed E-state index contributed by atoms with van der Waals surface area (Å²) in [4.78, 5) is 25.9. The number of allylic oxidation sites excluding steroid dienone is 1. The van der Waals surface area contributed by atoms with Gasteiger partial charge >= 0.3 is 5.97 Å². The largest absolute Gasteiger partial charge is 0.467 e. The van der Waals surface area contributed by atoms with Crippen molar-refractivity contribution in [1.82, 2.24) is 0 Å². The lowest BCUT2D eigenvalue weighted by Crippen LogP contribution is -2.12. The molecule has 0 N–H and O–H groups in total. The highest BCUT2D eigenvalue weighted by Gasteiger charge is 2.29. The van der Waals surface area contributed by atoms with Crippen molar-refractivity contribution in [1.29, 1.82) is 0 Å². The Bertz CT molecular complexity index is 1220. The monoisotopic (exact) mass is 498 g/mol. The van der Waals surface area contributed by atoms with Gasteiger partial charge in [-0.3, -0.25) is 9.59 Å². The maximum atomic E-state index is 12.8. The van der Waals surface area contributed by atoms with Gasteiger partial charge in [0.1, 0.15) is 17.2 Å². The van der Waals surface area contributed by atoms with Crippen LogP contribution in [0.1, 0.15) is 26.4 Å². The second-order valence-corrected chi connectivity index (χ2v) is 8.87. The van der Waals surface area contributed by atoms with Gasteiger partial charge in [0, 0.05) is 26.5 Å². The maximum absolute atomic E-state index is 12.8. The number of fused-ring (bicyclic) bond motifs is 2. The third-order valence-electron chi connectivity index (χ3n) is 4.76. The van der Waals surface area contributed by atoms with Crippen LogP contribution in [0.15, 0.2) is 58.1 Å². The van der Waals surface area contributed by atoms with Gasteiger partial charge in [0.15, 0.2) is 12.6 Å². The molecule has 156 valence electrons. The predicted molar refractivity (Wildman–Crippen MR) is 117 cm³/mol. The second kappa shape index (κ2) is 8.30. The number of carbonyl (C=O) groups is 2. The number of hydrogen-bond donors (Lipinski definition) is 0.